The van der Waals surface area contributed by atoms with Gasteiger partial charge in [-0.15, -0.1) is 5.10 Å². The molecule has 0 bridgehead atoms. The Kier molecular flexibility index (Phi) is 5.62. The average Bonchev–Trinajstić information content (AvgIpc) is 3.59. The van der Waals surface area contributed by atoms with Gasteiger partial charge in [-0.2, -0.15) is 9.67 Å². The Hall–Kier alpha value is -4.57. The summed E-state index contributed by atoms with van der Waals surface area (Å²) in [6, 6.07) is 21.1. The number of amides is 1. The van der Waals surface area contributed by atoms with Gasteiger partial charge in [-0.05, 0) is 35.9 Å². The molecule has 36 heavy (non-hydrogen) atoms. The summed E-state index contributed by atoms with van der Waals surface area (Å²) in [5, 5.41) is 8.52. The summed E-state index contributed by atoms with van der Waals surface area (Å²) >= 11 is 0. The smallest absolute Gasteiger partial charge is 0.254 e. The number of piperazine rings is 1. The number of carbonyl (C=O) groups is 1. The molecular formula is C26H24N8O2. The molecule has 5 aromatic rings. The molecule has 3 aromatic heterocycles. The Morgan fingerprint density at radius 1 is 0.944 bits per heavy atom. The Labute approximate surface area is 207 Å². The molecule has 6 rings (SSSR count). The lowest BCUT2D eigenvalue weighted by molar-refractivity contribution is 0.0628. The van der Waals surface area contributed by atoms with Crippen LogP contribution >= 0.6 is 0 Å². The van der Waals surface area contributed by atoms with Crippen molar-refractivity contribution in [3.05, 3.63) is 84.1 Å². The first-order valence-electron chi connectivity index (χ1n) is 11.7. The van der Waals surface area contributed by atoms with Crippen molar-refractivity contribution in [2.45, 2.75) is 6.54 Å². The number of anilines is 1. The summed E-state index contributed by atoms with van der Waals surface area (Å²) in [5.41, 5.74) is 9.66. The van der Waals surface area contributed by atoms with Crippen LogP contribution in [0.15, 0.2) is 77.4 Å². The predicted molar refractivity (Wildman–Crippen MR) is 134 cm³/mol. The lowest BCUT2D eigenvalue weighted by Crippen LogP contribution is -2.48. The summed E-state index contributed by atoms with van der Waals surface area (Å²) in [5.74, 6) is 1.13. The van der Waals surface area contributed by atoms with Crippen LogP contribution < -0.4 is 5.73 Å². The van der Waals surface area contributed by atoms with E-state index in [0.29, 0.717) is 47.0 Å². The monoisotopic (exact) mass is 480 g/mol. The van der Waals surface area contributed by atoms with Gasteiger partial charge in [0, 0.05) is 44.4 Å². The molecule has 10 heteroatoms. The maximum absolute atomic E-state index is 13.2. The zero-order valence-electron chi connectivity index (χ0n) is 19.5. The molecule has 0 radical (unpaired) electrons. The van der Waals surface area contributed by atoms with Gasteiger partial charge in [0.15, 0.2) is 11.6 Å². The van der Waals surface area contributed by atoms with Crippen LogP contribution in [0.1, 0.15) is 15.9 Å². The van der Waals surface area contributed by atoms with Gasteiger partial charge in [0.25, 0.3) is 5.91 Å². The van der Waals surface area contributed by atoms with Crippen LogP contribution in [0.2, 0.25) is 0 Å². The third-order valence-corrected chi connectivity index (χ3v) is 6.32. The Morgan fingerprint density at radius 2 is 1.78 bits per heavy atom. The van der Waals surface area contributed by atoms with Crippen LogP contribution in [0.25, 0.3) is 28.3 Å². The first-order chi connectivity index (χ1) is 17.6. The second kappa shape index (κ2) is 9.23. The SMILES string of the molecule is Nc1nc(-c2ccco2)cc(-n2nnc3cc(C(=O)N4CCN(Cc5ccccc5)CC4)ccc32)n1. The van der Waals surface area contributed by atoms with Crippen LogP contribution in [-0.2, 0) is 6.54 Å². The highest BCUT2D eigenvalue weighted by Gasteiger charge is 2.23. The van der Waals surface area contributed by atoms with Crippen molar-refractivity contribution in [1.29, 1.82) is 0 Å². The molecule has 1 fully saturated rings. The van der Waals surface area contributed by atoms with Crippen molar-refractivity contribution in [2.75, 3.05) is 31.9 Å². The fourth-order valence-corrected chi connectivity index (χ4v) is 4.47. The Balaban J connectivity index is 1.19. The molecule has 1 aliphatic heterocycles. The molecule has 10 nitrogen and oxygen atoms in total. The number of carbonyl (C=O) groups excluding carboxylic acids is 1. The van der Waals surface area contributed by atoms with E-state index in [1.165, 1.54) is 5.56 Å². The minimum absolute atomic E-state index is 0.00260. The Morgan fingerprint density at radius 3 is 2.56 bits per heavy atom. The zero-order valence-corrected chi connectivity index (χ0v) is 19.5. The van der Waals surface area contributed by atoms with Gasteiger partial charge in [0.2, 0.25) is 5.95 Å². The number of benzene rings is 2. The van der Waals surface area contributed by atoms with E-state index in [4.69, 9.17) is 10.2 Å². The molecule has 2 aromatic carbocycles. The highest BCUT2D eigenvalue weighted by atomic mass is 16.3. The fourth-order valence-electron chi connectivity index (χ4n) is 4.47. The fraction of sp³-hybridized carbons (Fsp3) is 0.192. The van der Waals surface area contributed by atoms with E-state index in [2.05, 4.69) is 49.4 Å². The summed E-state index contributed by atoms with van der Waals surface area (Å²) in [6.07, 6.45) is 1.57. The molecule has 4 heterocycles. The number of hydrogen-bond donors (Lipinski definition) is 1. The number of furan rings is 1. The van der Waals surface area contributed by atoms with Crippen molar-refractivity contribution >= 4 is 22.9 Å². The average molecular weight is 481 g/mol. The predicted octanol–water partition coefficient (Wildman–Crippen LogP) is 3.01. The quantitative estimate of drug-likeness (QED) is 0.408. The van der Waals surface area contributed by atoms with Crippen LogP contribution in [0, 0.1) is 0 Å². The van der Waals surface area contributed by atoms with E-state index in [9.17, 15) is 4.79 Å². The molecule has 0 unspecified atom stereocenters. The number of fused-ring (bicyclic) bond motifs is 1. The number of aromatic nitrogens is 5. The first kappa shape index (κ1) is 21.9. The van der Waals surface area contributed by atoms with Crippen LogP contribution in [-0.4, -0.2) is 66.8 Å². The van der Waals surface area contributed by atoms with Gasteiger partial charge >= 0.3 is 0 Å². The van der Waals surface area contributed by atoms with E-state index in [0.717, 1.165) is 19.6 Å². The first-order valence-corrected chi connectivity index (χ1v) is 11.7. The number of nitrogens with zero attached hydrogens (tertiary/aromatic N) is 7. The summed E-state index contributed by atoms with van der Waals surface area (Å²) in [4.78, 5) is 26.0. The topological polar surface area (TPSA) is 119 Å². The second-order valence-electron chi connectivity index (χ2n) is 8.71. The van der Waals surface area contributed by atoms with Gasteiger partial charge in [-0.25, -0.2) is 4.98 Å². The van der Waals surface area contributed by atoms with E-state index >= 15 is 0 Å². The van der Waals surface area contributed by atoms with Gasteiger partial charge < -0.3 is 15.1 Å². The van der Waals surface area contributed by atoms with Crippen molar-refractivity contribution < 1.29 is 9.21 Å². The summed E-state index contributed by atoms with van der Waals surface area (Å²) in [7, 11) is 0. The molecule has 1 saturated heterocycles. The van der Waals surface area contributed by atoms with Crippen LogP contribution in [0.5, 0.6) is 0 Å². The number of hydrogen-bond acceptors (Lipinski definition) is 8. The maximum atomic E-state index is 13.2. The van der Waals surface area contributed by atoms with E-state index in [-0.39, 0.29) is 11.9 Å². The third kappa shape index (κ3) is 4.29. The zero-order chi connectivity index (χ0) is 24.5. The highest BCUT2D eigenvalue weighted by Crippen LogP contribution is 2.23. The second-order valence-corrected chi connectivity index (χ2v) is 8.71. The van der Waals surface area contributed by atoms with Gasteiger partial charge in [-0.3, -0.25) is 9.69 Å². The maximum Gasteiger partial charge on any atom is 0.254 e. The number of nitrogen functional groups attached to an aromatic ring is 1. The molecule has 0 saturated carbocycles. The van der Waals surface area contributed by atoms with Crippen molar-refractivity contribution in [2.24, 2.45) is 0 Å². The van der Waals surface area contributed by atoms with Crippen molar-refractivity contribution in [1.82, 2.24) is 34.8 Å². The number of nitrogens with two attached hydrogens (primary N) is 1. The Bertz CT molecular complexity index is 1510. The lowest BCUT2D eigenvalue weighted by atomic mass is 10.1. The van der Waals surface area contributed by atoms with Crippen LogP contribution in [0.3, 0.4) is 0 Å². The minimum Gasteiger partial charge on any atom is -0.463 e. The summed E-state index contributed by atoms with van der Waals surface area (Å²) < 4.78 is 7.01. The molecular weight excluding hydrogens is 456 g/mol. The molecule has 2 N–H and O–H groups in total. The van der Waals surface area contributed by atoms with E-state index in [1.54, 1.807) is 41.3 Å². The molecule has 1 amide bonds. The van der Waals surface area contributed by atoms with Gasteiger partial charge in [0.05, 0.1) is 11.8 Å². The highest BCUT2D eigenvalue weighted by molar-refractivity contribution is 5.97. The van der Waals surface area contributed by atoms with Crippen molar-refractivity contribution in [3.8, 4) is 17.3 Å². The molecule has 0 atom stereocenters. The normalized spacial score (nSPS) is 14.4. The minimum atomic E-state index is -0.00260. The molecule has 0 spiro atoms. The molecule has 0 aliphatic carbocycles. The number of rotatable bonds is 5. The van der Waals surface area contributed by atoms with Crippen LogP contribution in [0.4, 0.5) is 5.95 Å². The van der Waals surface area contributed by atoms with E-state index < -0.39 is 0 Å². The van der Waals surface area contributed by atoms with Crippen molar-refractivity contribution in [3.63, 3.8) is 0 Å². The summed E-state index contributed by atoms with van der Waals surface area (Å²) in [6.45, 7) is 3.95. The lowest BCUT2D eigenvalue weighted by Gasteiger charge is -2.34. The van der Waals surface area contributed by atoms with E-state index in [1.807, 2.05) is 17.0 Å². The largest absolute Gasteiger partial charge is 0.463 e. The third-order valence-electron chi connectivity index (χ3n) is 6.32. The molecule has 180 valence electrons. The van der Waals surface area contributed by atoms with Gasteiger partial charge in [0.1, 0.15) is 11.2 Å². The van der Waals surface area contributed by atoms with Gasteiger partial charge in [-0.1, -0.05) is 35.5 Å². The standard InChI is InChI=1S/C26H24N8O2/c27-26-28-21(23-7-4-14-36-23)16-24(29-26)34-22-9-8-19(15-20(22)30-31-34)25(35)33-12-10-32(11-13-33)17-18-5-2-1-3-6-18/h1-9,14-16H,10-13,17H2,(H2,27,28,29). The molecule has 1 aliphatic rings.